The molecule has 9 aromatic rings. The molecule has 0 fully saturated rings. The van der Waals surface area contributed by atoms with Crippen LogP contribution in [0, 0.1) is 0 Å². The second-order valence-corrected chi connectivity index (χ2v) is 10.9. The van der Waals surface area contributed by atoms with Gasteiger partial charge < -0.3 is 13.7 Å². The smallest absolute Gasteiger partial charge is 0.143 e. The minimum atomic E-state index is 0.846. The lowest BCUT2D eigenvalue weighted by Crippen LogP contribution is -2.09. The van der Waals surface area contributed by atoms with E-state index >= 15 is 0 Å². The van der Waals surface area contributed by atoms with Crippen molar-refractivity contribution in [3.63, 3.8) is 0 Å². The van der Waals surface area contributed by atoms with Crippen molar-refractivity contribution in [2.75, 3.05) is 4.90 Å². The van der Waals surface area contributed by atoms with E-state index in [2.05, 4.69) is 132 Å². The van der Waals surface area contributed by atoms with Gasteiger partial charge in [0.25, 0.3) is 0 Å². The summed E-state index contributed by atoms with van der Waals surface area (Å²) in [6.45, 7) is 0. The Morgan fingerprint density at radius 3 is 1.74 bits per heavy atom. The molecule has 3 nitrogen and oxygen atoms in total. The fraction of sp³-hybridized carbons (Fsp3) is 0. The summed E-state index contributed by atoms with van der Waals surface area (Å²) >= 11 is 0. The van der Waals surface area contributed by atoms with Crippen LogP contribution in [0.25, 0.3) is 65.8 Å². The minimum Gasteiger partial charge on any atom is -0.456 e. The van der Waals surface area contributed by atoms with Crippen molar-refractivity contribution in [2.24, 2.45) is 0 Å². The maximum Gasteiger partial charge on any atom is 0.143 e. The number of hydrogen-bond acceptors (Lipinski definition) is 3. The molecule has 0 bridgehead atoms. The Bertz CT molecular complexity index is 2410. The summed E-state index contributed by atoms with van der Waals surface area (Å²) in [6.07, 6.45) is 0. The highest BCUT2D eigenvalue weighted by atomic mass is 16.3. The molecule has 0 amide bonds. The normalized spacial score (nSPS) is 11.7. The van der Waals surface area contributed by atoms with Crippen LogP contribution in [0.1, 0.15) is 0 Å². The van der Waals surface area contributed by atoms with Gasteiger partial charge in [-0.1, -0.05) is 97.1 Å². The lowest BCUT2D eigenvalue weighted by molar-refractivity contribution is 0.663. The summed E-state index contributed by atoms with van der Waals surface area (Å²) in [5.74, 6) is 0. The first-order valence-corrected chi connectivity index (χ1v) is 14.5. The second kappa shape index (κ2) is 9.37. The maximum atomic E-state index is 6.80. The fourth-order valence-corrected chi connectivity index (χ4v) is 6.56. The van der Waals surface area contributed by atoms with E-state index in [1.165, 1.54) is 10.8 Å². The summed E-state index contributed by atoms with van der Waals surface area (Å²) in [5.41, 5.74) is 8.87. The van der Waals surface area contributed by atoms with Crippen LogP contribution >= 0.6 is 0 Å². The van der Waals surface area contributed by atoms with Gasteiger partial charge in [0.1, 0.15) is 22.3 Å². The van der Waals surface area contributed by atoms with Gasteiger partial charge in [0.15, 0.2) is 0 Å². The first kappa shape index (κ1) is 23.9. The van der Waals surface area contributed by atoms with Crippen LogP contribution in [0.4, 0.5) is 17.1 Å². The first-order chi connectivity index (χ1) is 21.3. The third kappa shape index (κ3) is 3.68. The molecule has 3 heteroatoms. The Labute approximate surface area is 247 Å². The zero-order valence-corrected chi connectivity index (χ0v) is 23.2. The molecule has 0 saturated heterocycles. The van der Waals surface area contributed by atoms with E-state index in [0.29, 0.717) is 0 Å². The number of fused-ring (bicyclic) bond motifs is 8. The van der Waals surface area contributed by atoms with Crippen LogP contribution < -0.4 is 4.90 Å². The Morgan fingerprint density at radius 1 is 0.372 bits per heavy atom. The Kier molecular flexibility index (Phi) is 5.20. The van der Waals surface area contributed by atoms with Crippen molar-refractivity contribution >= 4 is 71.7 Å². The van der Waals surface area contributed by atoms with Crippen molar-refractivity contribution in [3.8, 4) is 11.1 Å². The number of benzene rings is 7. The van der Waals surface area contributed by atoms with Gasteiger partial charge in [-0.3, -0.25) is 0 Å². The third-order valence-electron chi connectivity index (χ3n) is 8.43. The van der Waals surface area contributed by atoms with Crippen LogP contribution in [0.2, 0.25) is 0 Å². The summed E-state index contributed by atoms with van der Waals surface area (Å²) < 4.78 is 13.1. The molecule has 0 N–H and O–H groups in total. The van der Waals surface area contributed by atoms with E-state index in [4.69, 9.17) is 8.83 Å². The highest BCUT2D eigenvalue weighted by molar-refractivity contribution is 6.27. The van der Waals surface area contributed by atoms with Crippen molar-refractivity contribution < 1.29 is 8.83 Å². The van der Waals surface area contributed by atoms with Crippen LogP contribution in [-0.4, -0.2) is 0 Å². The largest absolute Gasteiger partial charge is 0.456 e. The molecule has 0 unspecified atom stereocenters. The van der Waals surface area contributed by atoms with Gasteiger partial charge in [-0.2, -0.15) is 0 Å². The lowest BCUT2D eigenvalue weighted by Gasteiger charge is -2.26. The van der Waals surface area contributed by atoms with Crippen molar-refractivity contribution in [3.05, 3.63) is 152 Å². The van der Waals surface area contributed by atoms with E-state index in [9.17, 15) is 0 Å². The van der Waals surface area contributed by atoms with Crippen LogP contribution in [0.3, 0.4) is 0 Å². The monoisotopic (exact) mass is 551 g/mol. The Balaban J connectivity index is 1.46. The molecule has 0 spiro atoms. The fourth-order valence-electron chi connectivity index (χ4n) is 6.56. The van der Waals surface area contributed by atoms with Gasteiger partial charge in [-0.25, -0.2) is 0 Å². The lowest BCUT2D eigenvalue weighted by atomic mass is 9.95. The molecule has 2 heterocycles. The van der Waals surface area contributed by atoms with Crippen molar-refractivity contribution in [1.29, 1.82) is 0 Å². The Hall–Kier alpha value is -5.80. The molecule has 0 radical (unpaired) electrons. The quantitative estimate of drug-likeness (QED) is 0.218. The van der Waals surface area contributed by atoms with Gasteiger partial charge >= 0.3 is 0 Å². The standard InChI is InChI=1S/C40H25NO2/c1-3-14-27(15-4-1)41(28-16-5-2-6-17-28)29-24-33(31-20-11-13-26-12-7-8-18-30(26)31)40-34(25-29)39-37(43-40)23-22-36-38(39)32-19-9-10-21-35(32)42-36/h1-25H. The van der Waals surface area contributed by atoms with Gasteiger partial charge in [-0.05, 0) is 70.9 Å². The molecule has 9 rings (SSSR count). The number of rotatable bonds is 4. The number of furan rings is 2. The SMILES string of the molecule is c1ccc(N(c2ccccc2)c2cc(-c3cccc4ccccc34)c3oc4ccc5oc6ccccc6c5c4c3c2)cc1. The average Bonchev–Trinajstić information content (AvgIpc) is 3.63. The second-order valence-electron chi connectivity index (χ2n) is 10.9. The zero-order valence-electron chi connectivity index (χ0n) is 23.2. The number of anilines is 3. The molecule has 0 aliphatic heterocycles. The van der Waals surface area contributed by atoms with Crippen LogP contribution in [0.15, 0.2) is 160 Å². The van der Waals surface area contributed by atoms with Gasteiger partial charge in [0.2, 0.25) is 0 Å². The van der Waals surface area contributed by atoms with Gasteiger partial charge in [0, 0.05) is 44.2 Å². The van der Waals surface area contributed by atoms with E-state index in [1.54, 1.807) is 0 Å². The van der Waals surface area contributed by atoms with Crippen molar-refractivity contribution in [1.82, 2.24) is 0 Å². The highest BCUT2D eigenvalue weighted by Gasteiger charge is 2.22. The topological polar surface area (TPSA) is 29.5 Å². The molecular formula is C40H25NO2. The predicted octanol–water partition coefficient (Wildman–Crippen LogP) is 11.8. The number of hydrogen-bond donors (Lipinski definition) is 0. The Morgan fingerprint density at radius 2 is 0.977 bits per heavy atom. The van der Waals surface area contributed by atoms with E-state index in [0.717, 1.165) is 72.1 Å². The summed E-state index contributed by atoms with van der Waals surface area (Å²) in [7, 11) is 0. The summed E-state index contributed by atoms with van der Waals surface area (Å²) in [6, 6.07) is 53.0. The van der Waals surface area contributed by atoms with E-state index < -0.39 is 0 Å². The summed E-state index contributed by atoms with van der Waals surface area (Å²) in [5, 5.41) is 6.69. The minimum absolute atomic E-state index is 0.846. The molecule has 202 valence electrons. The molecular weight excluding hydrogens is 526 g/mol. The molecule has 0 saturated carbocycles. The molecule has 43 heavy (non-hydrogen) atoms. The van der Waals surface area contributed by atoms with Crippen LogP contribution in [-0.2, 0) is 0 Å². The maximum absolute atomic E-state index is 6.80. The van der Waals surface area contributed by atoms with Crippen molar-refractivity contribution in [2.45, 2.75) is 0 Å². The van der Waals surface area contributed by atoms with Crippen LogP contribution in [0.5, 0.6) is 0 Å². The number of para-hydroxylation sites is 3. The van der Waals surface area contributed by atoms with Gasteiger partial charge in [0.05, 0.1) is 0 Å². The first-order valence-electron chi connectivity index (χ1n) is 14.5. The zero-order chi connectivity index (χ0) is 28.3. The third-order valence-corrected chi connectivity index (χ3v) is 8.43. The van der Waals surface area contributed by atoms with E-state index in [1.807, 2.05) is 24.3 Å². The molecule has 0 aliphatic carbocycles. The highest BCUT2D eigenvalue weighted by Crippen LogP contribution is 2.47. The van der Waals surface area contributed by atoms with E-state index in [-0.39, 0.29) is 0 Å². The number of nitrogens with zero attached hydrogens (tertiary/aromatic N) is 1. The molecule has 7 aromatic carbocycles. The molecule has 0 aliphatic rings. The molecule has 2 aromatic heterocycles. The predicted molar refractivity (Wildman–Crippen MR) is 179 cm³/mol. The molecule has 0 atom stereocenters. The van der Waals surface area contributed by atoms with Gasteiger partial charge in [-0.15, -0.1) is 0 Å². The summed E-state index contributed by atoms with van der Waals surface area (Å²) in [4.78, 5) is 2.32. The average molecular weight is 552 g/mol.